The van der Waals surface area contributed by atoms with Crippen LogP contribution in [-0.4, -0.2) is 24.9 Å². The minimum atomic E-state index is -0.656. The first-order chi connectivity index (χ1) is 8.63. The molecule has 2 atom stereocenters. The van der Waals surface area contributed by atoms with Crippen molar-refractivity contribution in [3.05, 3.63) is 28.8 Å². The number of benzene rings is 1. The van der Waals surface area contributed by atoms with Crippen LogP contribution in [0.2, 0.25) is 5.02 Å². The molecule has 3 nitrogen and oxygen atoms in total. The van der Waals surface area contributed by atoms with Crippen LogP contribution in [-0.2, 0) is 4.74 Å². The molecule has 0 aliphatic carbocycles. The average Bonchev–Trinajstić information content (AvgIpc) is 2.38. The molecule has 18 heavy (non-hydrogen) atoms. The standard InChI is InChI=1S/C14H21ClO3/c1-4-6-12(18-5-2)14(16)10-7-8-11(15)13(9-10)17-3/h7-9,12,14,16H,4-6H2,1-3H3. The van der Waals surface area contributed by atoms with Gasteiger partial charge < -0.3 is 14.6 Å². The highest BCUT2D eigenvalue weighted by atomic mass is 35.5. The van der Waals surface area contributed by atoms with Crippen LogP contribution in [0.3, 0.4) is 0 Å². The van der Waals surface area contributed by atoms with Gasteiger partial charge in [0, 0.05) is 6.61 Å². The molecule has 0 radical (unpaired) electrons. The molecule has 0 amide bonds. The molecule has 0 bridgehead atoms. The number of aliphatic hydroxyl groups is 1. The summed E-state index contributed by atoms with van der Waals surface area (Å²) in [5.74, 6) is 0.569. The molecule has 2 unspecified atom stereocenters. The van der Waals surface area contributed by atoms with Gasteiger partial charge in [0.2, 0.25) is 0 Å². The monoisotopic (exact) mass is 272 g/mol. The Balaban J connectivity index is 2.89. The minimum absolute atomic E-state index is 0.189. The maximum absolute atomic E-state index is 10.3. The van der Waals surface area contributed by atoms with E-state index in [1.54, 1.807) is 25.3 Å². The quantitative estimate of drug-likeness (QED) is 0.824. The molecule has 4 heteroatoms. The highest BCUT2D eigenvalue weighted by Crippen LogP contribution is 2.30. The SMILES string of the molecule is CCCC(OCC)C(O)c1ccc(Cl)c(OC)c1. The smallest absolute Gasteiger partial charge is 0.137 e. The van der Waals surface area contributed by atoms with Crippen LogP contribution < -0.4 is 4.74 Å². The van der Waals surface area contributed by atoms with E-state index in [1.807, 2.05) is 6.92 Å². The topological polar surface area (TPSA) is 38.7 Å². The molecule has 1 rings (SSSR count). The summed E-state index contributed by atoms with van der Waals surface area (Å²) in [5.41, 5.74) is 0.767. The molecule has 0 saturated heterocycles. The van der Waals surface area contributed by atoms with Crippen LogP contribution in [0.5, 0.6) is 5.75 Å². The Morgan fingerprint density at radius 1 is 1.33 bits per heavy atom. The van der Waals surface area contributed by atoms with E-state index in [4.69, 9.17) is 21.1 Å². The van der Waals surface area contributed by atoms with Gasteiger partial charge in [0.1, 0.15) is 11.9 Å². The Morgan fingerprint density at radius 3 is 2.61 bits per heavy atom. The van der Waals surface area contributed by atoms with Crippen molar-refractivity contribution in [2.75, 3.05) is 13.7 Å². The van der Waals surface area contributed by atoms with Gasteiger partial charge in [-0.25, -0.2) is 0 Å². The first kappa shape index (κ1) is 15.3. The molecule has 0 spiro atoms. The summed E-state index contributed by atoms with van der Waals surface area (Å²) in [7, 11) is 1.56. The van der Waals surface area contributed by atoms with Gasteiger partial charge in [0.05, 0.1) is 18.2 Å². The third-order valence-electron chi connectivity index (χ3n) is 2.82. The van der Waals surface area contributed by atoms with Gasteiger partial charge in [0.25, 0.3) is 0 Å². The lowest BCUT2D eigenvalue weighted by Crippen LogP contribution is -2.22. The van der Waals surface area contributed by atoms with Crippen LogP contribution in [0, 0.1) is 0 Å². The fraction of sp³-hybridized carbons (Fsp3) is 0.571. The summed E-state index contributed by atoms with van der Waals surface area (Å²) in [6, 6.07) is 5.29. The molecule has 0 saturated carbocycles. The molecule has 1 aromatic carbocycles. The van der Waals surface area contributed by atoms with E-state index in [0.29, 0.717) is 17.4 Å². The number of rotatable bonds is 7. The van der Waals surface area contributed by atoms with Gasteiger partial charge >= 0.3 is 0 Å². The summed E-state index contributed by atoms with van der Waals surface area (Å²) in [4.78, 5) is 0. The molecule has 102 valence electrons. The number of aliphatic hydroxyl groups excluding tert-OH is 1. The van der Waals surface area contributed by atoms with E-state index in [0.717, 1.165) is 18.4 Å². The number of ether oxygens (including phenoxy) is 2. The summed E-state index contributed by atoms with van der Waals surface area (Å²) in [6.45, 7) is 4.59. The van der Waals surface area contributed by atoms with Gasteiger partial charge in [-0.15, -0.1) is 0 Å². The summed E-state index contributed by atoms with van der Waals surface area (Å²) in [5, 5.41) is 10.9. The van der Waals surface area contributed by atoms with Gasteiger partial charge in [-0.05, 0) is 31.0 Å². The van der Waals surface area contributed by atoms with Gasteiger partial charge in [-0.1, -0.05) is 31.0 Å². The predicted octanol–water partition coefficient (Wildman–Crippen LogP) is 3.59. The van der Waals surface area contributed by atoms with Gasteiger partial charge in [-0.2, -0.15) is 0 Å². The molecule has 1 aromatic rings. The Hall–Kier alpha value is -0.770. The number of methoxy groups -OCH3 is 1. The first-order valence-corrected chi connectivity index (χ1v) is 6.64. The van der Waals surface area contributed by atoms with Crippen molar-refractivity contribution in [3.8, 4) is 5.75 Å². The van der Waals surface area contributed by atoms with E-state index in [2.05, 4.69) is 6.92 Å². The molecule has 0 fully saturated rings. The fourth-order valence-corrected chi connectivity index (χ4v) is 2.10. The first-order valence-electron chi connectivity index (χ1n) is 6.27. The summed E-state index contributed by atoms with van der Waals surface area (Å²) < 4.78 is 10.7. The molecule has 0 heterocycles. The number of halogens is 1. The molecular weight excluding hydrogens is 252 g/mol. The Bertz CT molecular complexity index is 362. The predicted molar refractivity (Wildman–Crippen MR) is 73.3 cm³/mol. The van der Waals surface area contributed by atoms with E-state index in [-0.39, 0.29) is 6.10 Å². The maximum atomic E-state index is 10.3. The van der Waals surface area contributed by atoms with Crippen molar-refractivity contribution >= 4 is 11.6 Å². The van der Waals surface area contributed by atoms with Crippen molar-refractivity contribution in [3.63, 3.8) is 0 Å². The Labute approximate surface area is 114 Å². The Kier molecular flexibility index (Phi) is 6.47. The largest absolute Gasteiger partial charge is 0.495 e. The number of hydrogen-bond donors (Lipinski definition) is 1. The highest BCUT2D eigenvalue weighted by molar-refractivity contribution is 6.32. The van der Waals surface area contributed by atoms with Crippen LogP contribution >= 0.6 is 11.6 Å². The van der Waals surface area contributed by atoms with E-state index >= 15 is 0 Å². The lowest BCUT2D eigenvalue weighted by Gasteiger charge is -2.23. The number of hydrogen-bond acceptors (Lipinski definition) is 3. The van der Waals surface area contributed by atoms with E-state index < -0.39 is 6.10 Å². The fourth-order valence-electron chi connectivity index (χ4n) is 1.91. The van der Waals surface area contributed by atoms with E-state index in [1.165, 1.54) is 0 Å². The van der Waals surface area contributed by atoms with Crippen molar-refractivity contribution < 1.29 is 14.6 Å². The molecule has 1 N–H and O–H groups in total. The Morgan fingerprint density at radius 2 is 2.06 bits per heavy atom. The highest BCUT2D eigenvalue weighted by Gasteiger charge is 2.21. The maximum Gasteiger partial charge on any atom is 0.137 e. The molecule has 0 aliphatic heterocycles. The van der Waals surface area contributed by atoms with Gasteiger partial charge in [-0.3, -0.25) is 0 Å². The second kappa shape index (κ2) is 7.62. The molecule has 0 aromatic heterocycles. The van der Waals surface area contributed by atoms with Crippen molar-refractivity contribution in [2.45, 2.75) is 38.9 Å². The zero-order valence-corrected chi connectivity index (χ0v) is 11.9. The normalized spacial score (nSPS) is 14.3. The third kappa shape index (κ3) is 3.87. The molecular formula is C14H21ClO3. The minimum Gasteiger partial charge on any atom is -0.495 e. The summed E-state index contributed by atoms with van der Waals surface area (Å²) in [6.07, 6.45) is 0.939. The average molecular weight is 273 g/mol. The van der Waals surface area contributed by atoms with Crippen LogP contribution in [0.25, 0.3) is 0 Å². The van der Waals surface area contributed by atoms with Crippen molar-refractivity contribution in [1.82, 2.24) is 0 Å². The lowest BCUT2D eigenvalue weighted by atomic mass is 10.0. The molecule has 0 aliphatic rings. The van der Waals surface area contributed by atoms with Crippen LogP contribution in [0.15, 0.2) is 18.2 Å². The summed E-state index contributed by atoms with van der Waals surface area (Å²) >= 11 is 5.97. The third-order valence-corrected chi connectivity index (χ3v) is 3.14. The lowest BCUT2D eigenvalue weighted by molar-refractivity contribution is -0.0385. The second-order valence-corrected chi connectivity index (χ2v) is 4.53. The zero-order chi connectivity index (χ0) is 13.5. The van der Waals surface area contributed by atoms with Gasteiger partial charge in [0.15, 0.2) is 0 Å². The second-order valence-electron chi connectivity index (χ2n) is 4.12. The van der Waals surface area contributed by atoms with E-state index in [9.17, 15) is 5.11 Å². The van der Waals surface area contributed by atoms with Crippen LogP contribution in [0.4, 0.5) is 0 Å². The van der Waals surface area contributed by atoms with Crippen molar-refractivity contribution in [1.29, 1.82) is 0 Å². The zero-order valence-electron chi connectivity index (χ0n) is 11.1. The van der Waals surface area contributed by atoms with Crippen LogP contribution in [0.1, 0.15) is 38.4 Å². The van der Waals surface area contributed by atoms with Crippen molar-refractivity contribution in [2.24, 2.45) is 0 Å².